The van der Waals surface area contributed by atoms with Crippen molar-refractivity contribution in [2.45, 2.75) is 0 Å². The predicted molar refractivity (Wildman–Crippen MR) is 44.7 cm³/mol. The van der Waals surface area contributed by atoms with Crippen LogP contribution in [0.2, 0.25) is 5.02 Å². The highest BCUT2D eigenvalue weighted by molar-refractivity contribution is 6.32. The molecule has 0 radical (unpaired) electrons. The molecule has 1 aromatic rings. The van der Waals surface area contributed by atoms with Crippen molar-refractivity contribution in [1.82, 2.24) is 0 Å². The first-order valence-electron chi connectivity index (χ1n) is 3.21. The smallest absolute Gasteiger partial charge is 0.298 e. The lowest BCUT2D eigenvalue weighted by molar-refractivity contribution is -0.120. The van der Waals surface area contributed by atoms with Gasteiger partial charge in [0, 0.05) is 6.07 Å². The minimum Gasteiger partial charge on any atom is -0.497 e. The van der Waals surface area contributed by atoms with Gasteiger partial charge in [-0.15, -0.1) is 0 Å². The highest BCUT2D eigenvalue weighted by Gasteiger charge is 2.02. The van der Waals surface area contributed by atoms with Crippen molar-refractivity contribution >= 4 is 18.1 Å². The summed E-state index contributed by atoms with van der Waals surface area (Å²) in [5, 5.41) is 0.378. The quantitative estimate of drug-likeness (QED) is 0.677. The maximum atomic E-state index is 10.0. The first-order valence-corrected chi connectivity index (χ1v) is 3.59. The number of ether oxygens (including phenoxy) is 2. The summed E-state index contributed by atoms with van der Waals surface area (Å²) in [6.45, 7) is 0.320. The van der Waals surface area contributed by atoms with Crippen molar-refractivity contribution in [2.75, 3.05) is 7.11 Å². The molecule has 0 aliphatic carbocycles. The van der Waals surface area contributed by atoms with Crippen LogP contribution in [0.4, 0.5) is 0 Å². The van der Waals surface area contributed by atoms with E-state index in [1.54, 1.807) is 12.1 Å². The molecule has 0 unspecified atom stereocenters. The molecular formula is C8H7ClO3. The van der Waals surface area contributed by atoms with E-state index in [1.165, 1.54) is 13.2 Å². The Balaban J connectivity index is 2.99. The molecule has 0 N–H and O–H groups in total. The second-order valence-corrected chi connectivity index (χ2v) is 2.42. The molecule has 0 bridgehead atoms. The van der Waals surface area contributed by atoms with Gasteiger partial charge in [0.1, 0.15) is 5.75 Å². The molecule has 0 fully saturated rings. The van der Waals surface area contributed by atoms with Crippen molar-refractivity contribution in [3.05, 3.63) is 23.2 Å². The molecule has 12 heavy (non-hydrogen) atoms. The molecule has 0 amide bonds. The van der Waals surface area contributed by atoms with Crippen molar-refractivity contribution in [2.24, 2.45) is 0 Å². The third kappa shape index (κ3) is 1.89. The molecule has 0 aliphatic heterocycles. The van der Waals surface area contributed by atoms with Crippen LogP contribution in [0.1, 0.15) is 0 Å². The highest BCUT2D eigenvalue weighted by atomic mass is 35.5. The number of carbonyl (C=O) groups excluding carboxylic acids is 1. The zero-order valence-electron chi connectivity index (χ0n) is 6.41. The summed E-state index contributed by atoms with van der Waals surface area (Å²) in [7, 11) is 1.52. The molecule has 0 atom stereocenters. The van der Waals surface area contributed by atoms with Crippen LogP contribution in [0.5, 0.6) is 11.5 Å². The van der Waals surface area contributed by atoms with Crippen LogP contribution < -0.4 is 9.47 Å². The van der Waals surface area contributed by atoms with Gasteiger partial charge in [-0.3, -0.25) is 4.79 Å². The van der Waals surface area contributed by atoms with E-state index in [1.807, 2.05) is 0 Å². The van der Waals surface area contributed by atoms with Crippen molar-refractivity contribution in [3.8, 4) is 11.5 Å². The van der Waals surface area contributed by atoms with Gasteiger partial charge in [0.2, 0.25) is 0 Å². The predicted octanol–water partition coefficient (Wildman–Crippen LogP) is 1.88. The van der Waals surface area contributed by atoms with E-state index in [9.17, 15) is 4.79 Å². The number of benzene rings is 1. The summed E-state index contributed by atoms with van der Waals surface area (Å²) in [4.78, 5) is 10.0. The number of hydrogen-bond donors (Lipinski definition) is 0. The van der Waals surface area contributed by atoms with Crippen LogP contribution in [-0.2, 0) is 4.79 Å². The van der Waals surface area contributed by atoms with Gasteiger partial charge in [-0.25, -0.2) is 0 Å². The molecule has 0 saturated heterocycles. The average molecular weight is 187 g/mol. The standard InChI is InChI=1S/C8H7ClO3/c1-11-6-2-3-7(9)8(4-6)12-5-10/h2-5H,1H3. The Morgan fingerprint density at radius 3 is 2.83 bits per heavy atom. The third-order valence-electron chi connectivity index (χ3n) is 1.31. The Labute approximate surface area is 74.9 Å². The number of rotatable bonds is 3. The lowest BCUT2D eigenvalue weighted by atomic mass is 10.3. The minimum absolute atomic E-state index is 0.297. The van der Waals surface area contributed by atoms with Gasteiger partial charge in [-0.05, 0) is 12.1 Å². The van der Waals surface area contributed by atoms with Crippen molar-refractivity contribution in [1.29, 1.82) is 0 Å². The summed E-state index contributed by atoms with van der Waals surface area (Å²) in [5.41, 5.74) is 0. The fourth-order valence-electron chi connectivity index (χ4n) is 0.753. The van der Waals surface area contributed by atoms with Crippen LogP contribution in [0.3, 0.4) is 0 Å². The molecule has 0 heterocycles. The van der Waals surface area contributed by atoms with E-state index in [2.05, 4.69) is 4.74 Å². The van der Waals surface area contributed by atoms with E-state index < -0.39 is 0 Å². The summed E-state index contributed by atoms with van der Waals surface area (Å²) in [6, 6.07) is 4.82. The summed E-state index contributed by atoms with van der Waals surface area (Å²) >= 11 is 5.69. The van der Waals surface area contributed by atoms with Crippen molar-refractivity contribution < 1.29 is 14.3 Å². The van der Waals surface area contributed by atoms with Gasteiger partial charge >= 0.3 is 0 Å². The van der Waals surface area contributed by atoms with E-state index >= 15 is 0 Å². The highest BCUT2D eigenvalue weighted by Crippen LogP contribution is 2.28. The number of halogens is 1. The zero-order chi connectivity index (χ0) is 8.97. The molecule has 3 nitrogen and oxygen atoms in total. The summed E-state index contributed by atoms with van der Waals surface area (Å²) in [5.74, 6) is 0.891. The fraction of sp³-hybridized carbons (Fsp3) is 0.125. The Bertz CT molecular complexity index is 286. The van der Waals surface area contributed by atoms with Gasteiger partial charge in [-0.2, -0.15) is 0 Å². The SMILES string of the molecule is COc1ccc(Cl)c(OC=O)c1. The van der Waals surface area contributed by atoms with Crippen LogP contribution in [0, 0.1) is 0 Å². The molecular weight excluding hydrogens is 180 g/mol. The van der Waals surface area contributed by atoms with Gasteiger partial charge in [0.05, 0.1) is 12.1 Å². The normalized spacial score (nSPS) is 9.17. The molecule has 64 valence electrons. The average Bonchev–Trinajstić information content (AvgIpc) is 2.09. The van der Waals surface area contributed by atoms with Crippen LogP contribution >= 0.6 is 11.6 Å². The molecule has 0 spiro atoms. The maximum Gasteiger partial charge on any atom is 0.298 e. The van der Waals surface area contributed by atoms with Gasteiger partial charge in [0.25, 0.3) is 6.47 Å². The van der Waals surface area contributed by atoms with E-state index in [0.29, 0.717) is 23.0 Å². The largest absolute Gasteiger partial charge is 0.497 e. The third-order valence-corrected chi connectivity index (χ3v) is 1.63. The molecule has 0 aliphatic rings. The lowest BCUT2D eigenvalue weighted by Gasteiger charge is -2.03. The lowest BCUT2D eigenvalue weighted by Crippen LogP contribution is -1.90. The van der Waals surface area contributed by atoms with E-state index in [0.717, 1.165) is 0 Å². The zero-order valence-corrected chi connectivity index (χ0v) is 7.17. The van der Waals surface area contributed by atoms with E-state index in [4.69, 9.17) is 16.3 Å². The topological polar surface area (TPSA) is 35.5 Å². The molecule has 0 saturated carbocycles. The second kappa shape index (κ2) is 3.97. The number of methoxy groups -OCH3 is 1. The molecule has 1 aromatic carbocycles. The summed E-state index contributed by atoms with van der Waals surface area (Å²) < 4.78 is 9.49. The molecule has 0 aromatic heterocycles. The Kier molecular flexibility index (Phi) is 2.94. The van der Waals surface area contributed by atoms with E-state index in [-0.39, 0.29) is 0 Å². The fourth-order valence-corrected chi connectivity index (χ4v) is 0.915. The van der Waals surface area contributed by atoms with Crippen LogP contribution in [-0.4, -0.2) is 13.6 Å². The van der Waals surface area contributed by atoms with Gasteiger partial charge in [-0.1, -0.05) is 11.6 Å². The maximum absolute atomic E-state index is 10.0. The van der Waals surface area contributed by atoms with Crippen LogP contribution in [0.15, 0.2) is 18.2 Å². The molecule has 4 heteroatoms. The monoisotopic (exact) mass is 186 g/mol. The first kappa shape index (κ1) is 8.87. The number of hydrogen-bond acceptors (Lipinski definition) is 3. The minimum atomic E-state index is 0.297. The Morgan fingerprint density at radius 2 is 2.25 bits per heavy atom. The first-order chi connectivity index (χ1) is 5.77. The van der Waals surface area contributed by atoms with Crippen molar-refractivity contribution in [3.63, 3.8) is 0 Å². The van der Waals surface area contributed by atoms with Gasteiger partial charge < -0.3 is 9.47 Å². The Hall–Kier alpha value is -1.22. The molecule has 1 rings (SSSR count). The second-order valence-electron chi connectivity index (χ2n) is 2.01. The Morgan fingerprint density at radius 1 is 1.50 bits per heavy atom. The number of carbonyl (C=O) groups is 1. The van der Waals surface area contributed by atoms with Gasteiger partial charge in [0.15, 0.2) is 5.75 Å². The summed E-state index contributed by atoms with van der Waals surface area (Å²) in [6.07, 6.45) is 0. The van der Waals surface area contributed by atoms with Crippen LogP contribution in [0.25, 0.3) is 0 Å².